The van der Waals surface area contributed by atoms with Crippen LogP contribution in [0.15, 0.2) is 0 Å². The SMILES string of the molecule is CC(CN)C(C)(O)C1CCCC1. The molecule has 0 aromatic rings. The van der Waals surface area contributed by atoms with E-state index in [0.717, 1.165) is 0 Å². The summed E-state index contributed by atoms with van der Waals surface area (Å²) in [6.07, 6.45) is 4.91. The van der Waals surface area contributed by atoms with Gasteiger partial charge in [0.2, 0.25) is 0 Å². The van der Waals surface area contributed by atoms with Crippen molar-refractivity contribution >= 4 is 0 Å². The van der Waals surface area contributed by atoms with Crippen LogP contribution in [-0.4, -0.2) is 17.3 Å². The molecule has 0 spiro atoms. The van der Waals surface area contributed by atoms with Crippen LogP contribution < -0.4 is 5.73 Å². The van der Waals surface area contributed by atoms with Crippen molar-refractivity contribution < 1.29 is 5.11 Å². The Morgan fingerprint density at radius 1 is 1.50 bits per heavy atom. The van der Waals surface area contributed by atoms with E-state index in [9.17, 15) is 5.11 Å². The zero-order valence-electron chi connectivity index (χ0n) is 8.21. The fourth-order valence-electron chi connectivity index (χ4n) is 2.15. The maximum absolute atomic E-state index is 10.2. The largest absolute Gasteiger partial charge is 0.390 e. The molecule has 2 heteroatoms. The first kappa shape index (κ1) is 10.0. The van der Waals surface area contributed by atoms with Gasteiger partial charge in [-0.15, -0.1) is 0 Å². The molecule has 2 unspecified atom stereocenters. The summed E-state index contributed by atoms with van der Waals surface area (Å²) in [6.45, 7) is 4.57. The monoisotopic (exact) mass is 171 g/mol. The van der Waals surface area contributed by atoms with E-state index in [1.807, 2.05) is 13.8 Å². The lowest BCUT2D eigenvalue weighted by Crippen LogP contribution is -2.43. The predicted molar refractivity (Wildman–Crippen MR) is 50.8 cm³/mol. The topological polar surface area (TPSA) is 46.2 Å². The Morgan fingerprint density at radius 2 is 2.00 bits per heavy atom. The van der Waals surface area contributed by atoms with Gasteiger partial charge < -0.3 is 10.8 Å². The first-order chi connectivity index (χ1) is 5.59. The van der Waals surface area contributed by atoms with Crippen molar-refractivity contribution in [2.24, 2.45) is 17.6 Å². The highest BCUT2D eigenvalue weighted by molar-refractivity contribution is 4.89. The van der Waals surface area contributed by atoms with Crippen LogP contribution in [0.25, 0.3) is 0 Å². The van der Waals surface area contributed by atoms with E-state index in [-0.39, 0.29) is 5.92 Å². The van der Waals surface area contributed by atoms with Crippen molar-refractivity contribution in [1.82, 2.24) is 0 Å². The van der Waals surface area contributed by atoms with Crippen molar-refractivity contribution in [2.75, 3.05) is 6.54 Å². The summed E-state index contributed by atoms with van der Waals surface area (Å²) >= 11 is 0. The number of nitrogens with two attached hydrogens (primary N) is 1. The average molecular weight is 171 g/mol. The summed E-state index contributed by atoms with van der Waals surface area (Å²) in [6, 6.07) is 0. The van der Waals surface area contributed by atoms with Crippen molar-refractivity contribution in [2.45, 2.75) is 45.1 Å². The summed E-state index contributed by atoms with van der Waals surface area (Å²) in [4.78, 5) is 0. The molecule has 0 aromatic carbocycles. The zero-order chi connectivity index (χ0) is 9.19. The standard InChI is InChI=1S/C10H21NO/c1-8(7-11)10(2,12)9-5-3-4-6-9/h8-9,12H,3-7,11H2,1-2H3. The summed E-state index contributed by atoms with van der Waals surface area (Å²) in [7, 11) is 0. The molecule has 0 bridgehead atoms. The molecule has 0 heterocycles. The fraction of sp³-hybridized carbons (Fsp3) is 1.00. The van der Waals surface area contributed by atoms with E-state index in [4.69, 9.17) is 5.73 Å². The van der Waals surface area contributed by atoms with Crippen LogP contribution in [0, 0.1) is 11.8 Å². The first-order valence-corrected chi connectivity index (χ1v) is 5.01. The van der Waals surface area contributed by atoms with Crippen LogP contribution in [0.1, 0.15) is 39.5 Å². The van der Waals surface area contributed by atoms with Gasteiger partial charge in [0.15, 0.2) is 0 Å². The molecule has 0 saturated heterocycles. The normalized spacial score (nSPS) is 27.0. The molecule has 2 nitrogen and oxygen atoms in total. The van der Waals surface area contributed by atoms with Crippen LogP contribution in [0.4, 0.5) is 0 Å². The lowest BCUT2D eigenvalue weighted by Gasteiger charge is -2.35. The van der Waals surface area contributed by atoms with E-state index < -0.39 is 5.60 Å². The molecule has 1 saturated carbocycles. The van der Waals surface area contributed by atoms with Crippen LogP contribution in [0.5, 0.6) is 0 Å². The second-order valence-electron chi connectivity index (χ2n) is 4.34. The maximum atomic E-state index is 10.2. The van der Waals surface area contributed by atoms with Gasteiger partial charge in [0.05, 0.1) is 5.60 Å². The Labute approximate surface area is 75.2 Å². The minimum atomic E-state index is -0.536. The predicted octanol–water partition coefficient (Wildman–Crippen LogP) is 1.52. The number of rotatable bonds is 3. The second-order valence-corrected chi connectivity index (χ2v) is 4.34. The highest BCUT2D eigenvalue weighted by Gasteiger charge is 2.37. The Bertz CT molecular complexity index is 139. The third kappa shape index (κ3) is 1.80. The van der Waals surface area contributed by atoms with Crippen molar-refractivity contribution in [3.05, 3.63) is 0 Å². The quantitative estimate of drug-likeness (QED) is 0.676. The minimum absolute atomic E-state index is 0.223. The van der Waals surface area contributed by atoms with Gasteiger partial charge in [-0.3, -0.25) is 0 Å². The molecular weight excluding hydrogens is 150 g/mol. The van der Waals surface area contributed by atoms with E-state index in [0.29, 0.717) is 12.5 Å². The van der Waals surface area contributed by atoms with Crippen molar-refractivity contribution in [3.8, 4) is 0 Å². The Morgan fingerprint density at radius 3 is 2.42 bits per heavy atom. The molecule has 2 atom stereocenters. The molecule has 0 amide bonds. The van der Waals surface area contributed by atoms with Gasteiger partial charge in [0.1, 0.15) is 0 Å². The van der Waals surface area contributed by atoms with Crippen LogP contribution in [-0.2, 0) is 0 Å². The molecule has 1 fully saturated rings. The molecule has 1 aliphatic rings. The molecule has 12 heavy (non-hydrogen) atoms. The summed E-state index contributed by atoms with van der Waals surface area (Å²) in [5.74, 6) is 0.705. The lowest BCUT2D eigenvalue weighted by molar-refractivity contribution is -0.0425. The van der Waals surface area contributed by atoms with Gasteiger partial charge in [-0.25, -0.2) is 0 Å². The third-order valence-electron chi connectivity index (χ3n) is 3.53. The molecule has 0 radical (unpaired) electrons. The maximum Gasteiger partial charge on any atom is 0.0685 e. The van der Waals surface area contributed by atoms with Gasteiger partial charge in [-0.2, -0.15) is 0 Å². The van der Waals surface area contributed by atoms with Gasteiger partial charge in [-0.05, 0) is 38.1 Å². The van der Waals surface area contributed by atoms with Crippen molar-refractivity contribution in [1.29, 1.82) is 0 Å². The zero-order valence-corrected chi connectivity index (χ0v) is 8.21. The summed E-state index contributed by atoms with van der Waals surface area (Å²) in [5, 5.41) is 10.2. The summed E-state index contributed by atoms with van der Waals surface area (Å²) < 4.78 is 0. The minimum Gasteiger partial charge on any atom is -0.390 e. The van der Waals surface area contributed by atoms with E-state index in [2.05, 4.69) is 0 Å². The molecule has 72 valence electrons. The lowest BCUT2D eigenvalue weighted by atomic mass is 9.78. The molecule has 1 aliphatic carbocycles. The molecule has 3 N–H and O–H groups in total. The molecule has 1 rings (SSSR count). The van der Waals surface area contributed by atoms with Gasteiger partial charge in [-0.1, -0.05) is 19.8 Å². The smallest absolute Gasteiger partial charge is 0.0685 e. The van der Waals surface area contributed by atoms with E-state index in [1.165, 1.54) is 25.7 Å². The van der Waals surface area contributed by atoms with Gasteiger partial charge in [0.25, 0.3) is 0 Å². The Hall–Kier alpha value is -0.0800. The Balaban J connectivity index is 2.56. The fourth-order valence-corrected chi connectivity index (χ4v) is 2.15. The highest BCUT2D eigenvalue weighted by atomic mass is 16.3. The average Bonchev–Trinajstić information content (AvgIpc) is 2.55. The third-order valence-corrected chi connectivity index (χ3v) is 3.53. The van der Waals surface area contributed by atoms with E-state index in [1.54, 1.807) is 0 Å². The summed E-state index contributed by atoms with van der Waals surface area (Å²) in [5.41, 5.74) is 5.03. The van der Waals surface area contributed by atoms with Gasteiger partial charge in [0, 0.05) is 0 Å². The first-order valence-electron chi connectivity index (χ1n) is 5.01. The Kier molecular flexibility index (Phi) is 3.13. The van der Waals surface area contributed by atoms with Crippen LogP contribution in [0.2, 0.25) is 0 Å². The number of hydrogen-bond acceptors (Lipinski definition) is 2. The van der Waals surface area contributed by atoms with Crippen LogP contribution in [0.3, 0.4) is 0 Å². The molecule has 0 aliphatic heterocycles. The van der Waals surface area contributed by atoms with Gasteiger partial charge >= 0.3 is 0 Å². The van der Waals surface area contributed by atoms with E-state index >= 15 is 0 Å². The molecule has 0 aromatic heterocycles. The van der Waals surface area contributed by atoms with Crippen molar-refractivity contribution in [3.63, 3.8) is 0 Å². The number of aliphatic hydroxyl groups is 1. The highest BCUT2D eigenvalue weighted by Crippen LogP contribution is 2.37. The number of hydrogen-bond donors (Lipinski definition) is 2. The second kappa shape index (κ2) is 3.75. The molecular formula is C10H21NO. The van der Waals surface area contributed by atoms with Crippen LogP contribution >= 0.6 is 0 Å².